The van der Waals surface area contributed by atoms with Crippen molar-refractivity contribution in [3.63, 3.8) is 0 Å². The Bertz CT molecular complexity index is 832. The van der Waals surface area contributed by atoms with Crippen molar-refractivity contribution in [2.75, 3.05) is 6.54 Å². The molecule has 1 aromatic heterocycles. The molecule has 1 aliphatic rings. The van der Waals surface area contributed by atoms with Crippen LogP contribution in [0.3, 0.4) is 0 Å². The molecule has 0 bridgehead atoms. The second-order valence-electron chi connectivity index (χ2n) is 6.51. The molecule has 0 radical (unpaired) electrons. The van der Waals surface area contributed by atoms with Crippen LogP contribution < -0.4 is 11.1 Å². The number of benzene rings is 1. The van der Waals surface area contributed by atoms with Crippen LogP contribution in [0.2, 0.25) is 0 Å². The number of nitrogens with one attached hydrogen (secondary N) is 1. The van der Waals surface area contributed by atoms with E-state index in [-0.39, 0.29) is 23.7 Å². The Morgan fingerprint density at radius 1 is 1.36 bits per heavy atom. The lowest BCUT2D eigenvalue weighted by molar-refractivity contribution is -0.384. The van der Waals surface area contributed by atoms with E-state index in [0.717, 1.165) is 18.8 Å². The molecular formula is C17H21N3O5. The van der Waals surface area contributed by atoms with Crippen molar-refractivity contribution in [1.82, 2.24) is 9.88 Å². The van der Waals surface area contributed by atoms with E-state index >= 15 is 0 Å². The van der Waals surface area contributed by atoms with E-state index in [1.807, 2.05) is 0 Å². The standard InChI is InChI=1S/C17H21N3O5/c21-16(18-9-3-6-12-4-1-2-5-12)11-19-14-8-7-13(20(23)24)10-15(14)25-17(19)22/h7-8,10,12H,1-6,9,11H2,(H,18,21). The monoisotopic (exact) mass is 347 g/mol. The number of nitro benzene ring substituents is 1. The van der Waals surface area contributed by atoms with E-state index in [9.17, 15) is 19.7 Å². The molecule has 0 unspecified atom stereocenters. The third-order valence-electron chi connectivity index (χ3n) is 4.75. The highest BCUT2D eigenvalue weighted by molar-refractivity contribution is 5.80. The summed E-state index contributed by atoms with van der Waals surface area (Å²) in [4.78, 5) is 34.2. The highest BCUT2D eigenvalue weighted by atomic mass is 16.6. The zero-order valence-corrected chi connectivity index (χ0v) is 13.9. The SMILES string of the molecule is O=C(Cn1c(=O)oc2cc([N+](=O)[O-])ccc21)NCCCC1CCCC1. The van der Waals surface area contributed by atoms with E-state index in [4.69, 9.17) is 4.42 Å². The molecule has 2 aromatic rings. The van der Waals surface area contributed by atoms with Gasteiger partial charge in [0.2, 0.25) is 5.91 Å². The predicted molar refractivity (Wildman–Crippen MR) is 91.3 cm³/mol. The lowest BCUT2D eigenvalue weighted by Crippen LogP contribution is -2.31. The number of carbonyl (C=O) groups is 1. The molecule has 25 heavy (non-hydrogen) atoms. The van der Waals surface area contributed by atoms with Crippen molar-refractivity contribution >= 4 is 22.7 Å². The van der Waals surface area contributed by atoms with Crippen molar-refractivity contribution in [3.05, 3.63) is 38.9 Å². The summed E-state index contributed by atoms with van der Waals surface area (Å²) in [5, 5.41) is 13.6. The molecule has 8 heteroatoms. The summed E-state index contributed by atoms with van der Waals surface area (Å²) in [6, 6.07) is 3.89. The molecule has 1 amide bonds. The van der Waals surface area contributed by atoms with Gasteiger partial charge in [0, 0.05) is 12.6 Å². The predicted octanol–water partition coefficient (Wildman–Crippen LogP) is 2.59. The fourth-order valence-corrected chi connectivity index (χ4v) is 3.44. The topological polar surface area (TPSA) is 107 Å². The van der Waals surface area contributed by atoms with Crippen LogP contribution in [0.25, 0.3) is 11.1 Å². The lowest BCUT2D eigenvalue weighted by atomic mass is 10.0. The van der Waals surface area contributed by atoms with E-state index in [2.05, 4.69) is 5.32 Å². The van der Waals surface area contributed by atoms with Crippen LogP contribution >= 0.6 is 0 Å². The third kappa shape index (κ3) is 4.07. The van der Waals surface area contributed by atoms with Gasteiger partial charge in [0.1, 0.15) is 6.54 Å². The van der Waals surface area contributed by atoms with E-state index in [1.165, 1.54) is 48.4 Å². The van der Waals surface area contributed by atoms with Crippen LogP contribution in [0.4, 0.5) is 5.69 Å². The van der Waals surface area contributed by atoms with Crippen LogP contribution in [-0.2, 0) is 11.3 Å². The molecule has 1 aliphatic carbocycles. The minimum absolute atomic E-state index is 0.105. The summed E-state index contributed by atoms with van der Waals surface area (Å²) in [5.41, 5.74) is 0.315. The van der Waals surface area contributed by atoms with Gasteiger partial charge in [-0.1, -0.05) is 25.7 Å². The number of hydrogen-bond donors (Lipinski definition) is 1. The minimum Gasteiger partial charge on any atom is -0.407 e. The van der Waals surface area contributed by atoms with Crippen molar-refractivity contribution < 1.29 is 14.1 Å². The second kappa shape index (κ2) is 7.50. The maximum atomic E-state index is 12.1. The summed E-state index contributed by atoms with van der Waals surface area (Å²) in [6.07, 6.45) is 7.26. The zero-order chi connectivity index (χ0) is 17.8. The van der Waals surface area contributed by atoms with Crippen molar-refractivity contribution in [3.8, 4) is 0 Å². The van der Waals surface area contributed by atoms with Crippen molar-refractivity contribution in [2.45, 2.75) is 45.1 Å². The van der Waals surface area contributed by atoms with Gasteiger partial charge in [-0.05, 0) is 24.8 Å². The van der Waals surface area contributed by atoms with Crippen LogP contribution in [0.1, 0.15) is 38.5 Å². The van der Waals surface area contributed by atoms with Gasteiger partial charge >= 0.3 is 5.76 Å². The molecule has 1 fully saturated rings. The van der Waals surface area contributed by atoms with Gasteiger partial charge in [0.05, 0.1) is 16.5 Å². The fourth-order valence-electron chi connectivity index (χ4n) is 3.44. The molecule has 1 saturated carbocycles. The Balaban J connectivity index is 1.58. The Kier molecular flexibility index (Phi) is 5.16. The molecule has 8 nitrogen and oxygen atoms in total. The van der Waals surface area contributed by atoms with Crippen molar-refractivity contribution in [2.24, 2.45) is 5.92 Å². The number of nitro groups is 1. The number of rotatable bonds is 7. The van der Waals surface area contributed by atoms with Gasteiger partial charge in [0.15, 0.2) is 5.58 Å². The first-order chi connectivity index (χ1) is 12.0. The maximum Gasteiger partial charge on any atom is 0.420 e. The maximum absolute atomic E-state index is 12.1. The molecule has 0 atom stereocenters. The summed E-state index contributed by atoms with van der Waals surface area (Å²) < 4.78 is 6.19. The molecule has 134 valence electrons. The number of aromatic nitrogens is 1. The molecule has 1 N–H and O–H groups in total. The molecule has 0 saturated heterocycles. The van der Waals surface area contributed by atoms with E-state index < -0.39 is 10.7 Å². The quantitative estimate of drug-likeness (QED) is 0.470. The van der Waals surface area contributed by atoms with Gasteiger partial charge in [-0.15, -0.1) is 0 Å². The third-order valence-corrected chi connectivity index (χ3v) is 4.75. The number of nitrogens with zero attached hydrogens (tertiary/aromatic N) is 2. The summed E-state index contributed by atoms with van der Waals surface area (Å²) in [5.74, 6) is -0.181. The average molecular weight is 347 g/mol. The number of fused-ring (bicyclic) bond motifs is 1. The van der Waals surface area contributed by atoms with Crippen molar-refractivity contribution in [1.29, 1.82) is 0 Å². The van der Waals surface area contributed by atoms with Crippen LogP contribution in [-0.4, -0.2) is 21.9 Å². The molecule has 3 rings (SSSR count). The van der Waals surface area contributed by atoms with Gasteiger partial charge in [-0.2, -0.15) is 0 Å². The highest BCUT2D eigenvalue weighted by Crippen LogP contribution is 2.28. The van der Waals surface area contributed by atoms with E-state index in [0.29, 0.717) is 12.1 Å². The Morgan fingerprint density at radius 2 is 2.12 bits per heavy atom. The molecular weight excluding hydrogens is 326 g/mol. The zero-order valence-electron chi connectivity index (χ0n) is 13.9. The molecule has 1 aromatic carbocycles. The summed E-state index contributed by atoms with van der Waals surface area (Å²) >= 11 is 0. The fraction of sp³-hybridized carbons (Fsp3) is 0.529. The highest BCUT2D eigenvalue weighted by Gasteiger charge is 2.17. The molecule has 0 aliphatic heterocycles. The minimum atomic E-state index is -0.698. The first-order valence-corrected chi connectivity index (χ1v) is 8.59. The van der Waals surface area contributed by atoms with Gasteiger partial charge in [0.25, 0.3) is 5.69 Å². The lowest BCUT2D eigenvalue weighted by Gasteiger charge is -2.09. The van der Waals surface area contributed by atoms with Crippen LogP contribution in [0.15, 0.2) is 27.4 Å². The Hall–Kier alpha value is -2.64. The number of oxazole rings is 1. The van der Waals surface area contributed by atoms with Crippen LogP contribution in [0.5, 0.6) is 0 Å². The number of amides is 1. The number of hydrogen-bond acceptors (Lipinski definition) is 5. The number of non-ortho nitro benzene ring substituents is 1. The molecule has 0 spiro atoms. The Morgan fingerprint density at radius 3 is 2.84 bits per heavy atom. The smallest absolute Gasteiger partial charge is 0.407 e. The number of carbonyl (C=O) groups excluding carboxylic acids is 1. The first-order valence-electron chi connectivity index (χ1n) is 8.59. The van der Waals surface area contributed by atoms with Gasteiger partial charge in [-0.3, -0.25) is 19.5 Å². The summed E-state index contributed by atoms with van der Waals surface area (Å²) in [7, 11) is 0. The van der Waals surface area contributed by atoms with Gasteiger partial charge < -0.3 is 9.73 Å². The van der Waals surface area contributed by atoms with Crippen LogP contribution in [0, 0.1) is 16.0 Å². The van der Waals surface area contributed by atoms with Gasteiger partial charge in [-0.25, -0.2) is 4.79 Å². The second-order valence-corrected chi connectivity index (χ2v) is 6.51. The normalized spacial score (nSPS) is 14.9. The Labute approximate surface area is 144 Å². The molecule has 1 heterocycles. The largest absolute Gasteiger partial charge is 0.420 e. The summed E-state index contributed by atoms with van der Waals surface area (Å²) in [6.45, 7) is 0.429. The average Bonchev–Trinajstić information content (AvgIpc) is 3.19. The van der Waals surface area contributed by atoms with E-state index in [1.54, 1.807) is 0 Å². The first kappa shape index (κ1) is 17.2.